The lowest BCUT2D eigenvalue weighted by molar-refractivity contribution is -0.244. The zero-order chi connectivity index (χ0) is 32.3. The Balaban J connectivity index is 2.30. The molecular weight excluding hydrogens is 583 g/mol. The molecule has 0 saturated heterocycles. The third-order valence-corrected chi connectivity index (χ3v) is 5.47. The summed E-state index contributed by atoms with van der Waals surface area (Å²) < 4.78 is 43.8. The fourth-order valence-electron chi connectivity index (χ4n) is 3.34. The zero-order valence-electron chi connectivity index (χ0n) is 22.1. The maximum atomic E-state index is 13.1. The molecule has 0 aliphatic carbocycles. The molecule has 0 spiro atoms. The normalized spacial score (nSPS) is 12.3. The number of nitrogens with zero attached hydrogens (tertiary/aromatic N) is 1. The number of benzene rings is 2. The standard InChI is InChI=1S/C26H26F3N5O9/c27-26(28,29)25(41)43-34(19(35)10-11-33-22(38)16-8-6-15(7-9-16)21(31)32)18(12-14-4-2-1-3-5-14)24(40)42-23(39)17(30)13-20(36)37/h1-9,17-18H,10-13,30H2,(H3,31,32)(H,33,38)(H,36,37)/t17-,18-/m0/s1. The molecule has 2 rings (SSSR count). The number of rotatable bonds is 12. The summed E-state index contributed by atoms with van der Waals surface area (Å²) in [6, 6.07) is 8.73. The van der Waals surface area contributed by atoms with Crippen molar-refractivity contribution < 1.29 is 56.6 Å². The number of nitrogens with two attached hydrogens (primary N) is 2. The Kier molecular flexibility index (Phi) is 11.9. The number of hydroxylamine groups is 2. The smallest absolute Gasteiger partial charge is 0.481 e. The van der Waals surface area contributed by atoms with Gasteiger partial charge in [0.25, 0.3) is 11.8 Å². The first-order chi connectivity index (χ1) is 20.1. The molecule has 0 aromatic heterocycles. The van der Waals surface area contributed by atoms with Crippen LogP contribution in [0.5, 0.6) is 0 Å². The molecule has 0 saturated carbocycles. The number of ether oxygens (including phenoxy) is 1. The summed E-state index contributed by atoms with van der Waals surface area (Å²) in [6.07, 6.45) is -7.99. The Morgan fingerprint density at radius 1 is 0.953 bits per heavy atom. The first-order valence-corrected chi connectivity index (χ1v) is 12.2. The van der Waals surface area contributed by atoms with Gasteiger partial charge in [0, 0.05) is 30.5 Å². The van der Waals surface area contributed by atoms with Gasteiger partial charge in [-0.05, 0) is 17.7 Å². The van der Waals surface area contributed by atoms with Crippen molar-refractivity contribution in [1.29, 1.82) is 5.41 Å². The molecule has 0 fully saturated rings. The molecule has 2 aromatic carbocycles. The van der Waals surface area contributed by atoms with E-state index in [-0.39, 0.29) is 22.0 Å². The number of hydrogen-bond donors (Lipinski definition) is 5. The molecule has 7 N–H and O–H groups in total. The first-order valence-electron chi connectivity index (χ1n) is 12.2. The van der Waals surface area contributed by atoms with Crippen LogP contribution in [0.3, 0.4) is 0 Å². The van der Waals surface area contributed by atoms with Gasteiger partial charge in [0.05, 0.1) is 6.42 Å². The topological polar surface area (TPSA) is 232 Å². The second-order valence-corrected chi connectivity index (χ2v) is 8.74. The maximum absolute atomic E-state index is 13.1. The third-order valence-electron chi connectivity index (χ3n) is 5.47. The number of amides is 2. The van der Waals surface area contributed by atoms with Gasteiger partial charge in [-0.2, -0.15) is 18.2 Å². The van der Waals surface area contributed by atoms with E-state index in [2.05, 4.69) is 14.9 Å². The summed E-state index contributed by atoms with van der Waals surface area (Å²) in [7, 11) is 0. The third kappa shape index (κ3) is 10.5. The number of hydrogen-bond acceptors (Lipinski definition) is 10. The minimum Gasteiger partial charge on any atom is -0.481 e. The number of esters is 2. The van der Waals surface area contributed by atoms with Gasteiger partial charge in [0.15, 0.2) is 6.04 Å². The summed E-state index contributed by atoms with van der Waals surface area (Å²) in [4.78, 5) is 77.4. The van der Waals surface area contributed by atoms with Crippen LogP contribution in [0.4, 0.5) is 13.2 Å². The van der Waals surface area contributed by atoms with Crippen LogP contribution >= 0.6 is 0 Å². The number of halogens is 3. The average Bonchev–Trinajstić information content (AvgIpc) is 2.94. The highest BCUT2D eigenvalue weighted by molar-refractivity contribution is 5.98. The van der Waals surface area contributed by atoms with E-state index in [1.165, 1.54) is 48.5 Å². The Morgan fingerprint density at radius 3 is 2.07 bits per heavy atom. The molecule has 14 nitrogen and oxygen atoms in total. The van der Waals surface area contributed by atoms with Crippen molar-refractivity contribution in [1.82, 2.24) is 10.4 Å². The van der Waals surface area contributed by atoms with Crippen LogP contribution in [0, 0.1) is 5.41 Å². The minimum absolute atomic E-state index is 0.0829. The highest BCUT2D eigenvalue weighted by Gasteiger charge is 2.46. The molecule has 2 atom stereocenters. The molecule has 2 aromatic rings. The van der Waals surface area contributed by atoms with Crippen LogP contribution in [0.25, 0.3) is 0 Å². The van der Waals surface area contributed by atoms with E-state index in [4.69, 9.17) is 22.0 Å². The minimum atomic E-state index is -5.61. The molecule has 0 aliphatic heterocycles. The van der Waals surface area contributed by atoms with Crippen LogP contribution in [0.1, 0.15) is 34.3 Å². The van der Waals surface area contributed by atoms with Crippen molar-refractivity contribution >= 4 is 41.5 Å². The molecular formula is C26H26F3N5O9. The van der Waals surface area contributed by atoms with Gasteiger partial charge in [-0.25, -0.2) is 14.4 Å². The maximum Gasteiger partial charge on any atom is 0.493 e. The van der Waals surface area contributed by atoms with E-state index in [0.717, 1.165) is 0 Å². The lowest BCUT2D eigenvalue weighted by Gasteiger charge is -2.28. The summed E-state index contributed by atoms with van der Waals surface area (Å²) in [5.74, 6) is -10.0. The Hall–Kier alpha value is -5.32. The summed E-state index contributed by atoms with van der Waals surface area (Å²) >= 11 is 0. The molecule has 0 unspecified atom stereocenters. The number of carboxylic acids is 1. The Bertz CT molecular complexity index is 1370. The van der Waals surface area contributed by atoms with Crippen molar-refractivity contribution in [3.63, 3.8) is 0 Å². The highest BCUT2D eigenvalue weighted by atomic mass is 19.4. The number of nitrogens with one attached hydrogen (secondary N) is 2. The molecule has 17 heteroatoms. The summed E-state index contributed by atoms with van der Waals surface area (Å²) in [5.41, 5.74) is 11.4. The lowest BCUT2D eigenvalue weighted by atomic mass is 10.1. The second kappa shape index (κ2) is 15.1. The fourth-order valence-corrected chi connectivity index (χ4v) is 3.34. The number of aliphatic carboxylic acids is 1. The number of alkyl halides is 3. The van der Waals surface area contributed by atoms with Gasteiger partial charge < -0.3 is 31.5 Å². The zero-order valence-corrected chi connectivity index (χ0v) is 22.1. The molecule has 0 heterocycles. The van der Waals surface area contributed by atoms with Crippen LogP contribution < -0.4 is 16.8 Å². The predicted molar refractivity (Wildman–Crippen MR) is 139 cm³/mol. The average molecular weight is 610 g/mol. The van der Waals surface area contributed by atoms with Crippen molar-refractivity contribution in [3.05, 3.63) is 71.3 Å². The van der Waals surface area contributed by atoms with Crippen LogP contribution in [0.15, 0.2) is 54.6 Å². The summed E-state index contributed by atoms with van der Waals surface area (Å²) in [5, 5.41) is 18.3. The molecule has 2 amide bonds. The first kappa shape index (κ1) is 33.9. The van der Waals surface area contributed by atoms with Gasteiger partial charge in [-0.3, -0.25) is 19.8 Å². The van der Waals surface area contributed by atoms with Crippen molar-refractivity contribution in [3.8, 4) is 0 Å². The lowest BCUT2D eigenvalue weighted by Crippen LogP contribution is -2.51. The molecule has 0 radical (unpaired) electrons. The quantitative estimate of drug-likeness (QED) is 0.0727. The van der Waals surface area contributed by atoms with E-state index < -0.39 is 79.8 Å². The van der Waals surface area contributed by atoms with Crippen LogP contribution in [-0.4, -0.2) is 76.5 Å². The summed E-state index contributed by atoms with van der Waals surface area (Å²) in [6.45, 7) is -0.512. The largest absolute Gasteiger partial charge is 0.493 e. The van der Waals surface area contributed by atoms with E-state index in [1.54, 1.807) is 6.07 Å². The molecule has 43 heavy (non-hydrogen) atoms. The Labute approximate surface area is 241 Å². The van der Waals surface area contributed by atoms with E-state index in [1.807, 2.05) is 0 Å². The number of carbonyl (C=O) groups excluding carboxylic acids is 5. The van der Waals surface area contributed by atoms with Crippen molar-refractivity contribution in [2.45, 2.75) is 37.5 Å². The highest BCUT2D eigenvalue weighted by Crippen LogP contribution is 2.21. The number of carbonyl (C=O) groups is 6. The van der Waals surface area contributed by atoms with E-state index in [0.29, 0.717) is 5.56 Å². The fraction of sp³-hybridized carbons (Fsp3) is 0.269. The van der Waals surface area contributed by atoms with Crippen molar-refractivity contribution in [2.75, 3.05) is 6.54 Å². The molecule has 0 aliphatic rings. The number of amidine groups is 1. The van der Waals surface area contributed by atoms with Gasteiger partial charge in [0.1, 0.15) is 11.9 Å². The van der Waals surface area contributed by atoms with Gasteiger partial charge in [-0.1, -0.05) is 42.5 Å². The van der Waals surface area contributed by atoms with Gasteiger partial charge in [0.2, 0.25) is 0 Å². The van der Waals surface area contributed by atoms with Gasteiger partial charge in [-0.15, -0.1) is 0 Å². The van der Waals surface area contributed by atoms with Gasteiger partial charge >= 0.3 is 30.1 Å². The van der Waals surface area contributed by atoms with E-state index in [9.17, 15) is 41.9 Å². The molecule has 0 bridgehead atoms. The van der Waals surface area contributed by atoms with Crippen LogP contribution in [0.2, 0.25) is 0 Å². The van der Waals surface area contributed by atoms with Crippen LogP contribution in [-0.2, 0) is 40.0 Å². The van der Waals surface area contributed by atoms with E-state index >= 15 is 0 Å². The monoisotopic (exact) mass is 609 g/mol. The number of carboxylic acid groups (broad SMARTS) is 1. The predicted octanol–water partition coefficient (Wildman–Crippen LogP) is 0.423. The molecule has 230 valence electrons. The second-order valence-electron chi connectivity index (χ2n) is 8.74. The van der Waals surface area contributed by atoms with Crippen molar-refractivity contribution in [2.24, 2.45) is 11.5 Å². The number of nitrogen functional groups attached to an aromatic ring is 1. The SMILES string of the molecule is N=C(N)c1ccc(C(=O)NCCC(=O)N(OC(=O)C(F)(F)F)[C@@H](Cc2ccccc2)C(=O)OC(=O)[C@@H](N)CC(=O)O)cc1. The Morgan fingerprint density at radius 2 is 1.53 bits per heavy atom.